The minimum absolute atomic E-state index is 0.188. The summed E-state index contributed by atoms with van der Waals surface area (Å²) >= 11 is 1.65. The summed E-state index contributed by atoms with van der Waals surface area (Å²) in [5.41, 5.74) is 4.15. The van der Waals surface area contributed by atoms with Crippen LogP contribution in [0.4, 0.5) is 0 Å². The third-order valence-electron chi connectivity index (χ3n) is 3.51. The second-order valence-electron chi connectivity index (χ2n) is 5.57. The van der Waals surface area contributed by atoms with Crippen molar-refractivity contribution in [3.63, 3.8) is 0 Å². The fourth-order valence-electron chi connectivity index (χ4n) is 2.41. The number of benzene rings is 1. The SMILES string of the molecule is Cc1cncc(CCC(=O)OCc2ccc3nc(C)sc3c2)c1. The Balaban J connectivity index is 1.53. The maximum absolute atomic E-state index is 11.9. The van der Waals surface area contributed by atoms with E-state index in [0.29, 0.717) is 19.4 Å². The molecule has 0 bridgehead atoms. The van der Waals surface area contributed by atoms with Crippen LogP contribution in [0.3, 0.4) is 0 Å². The lowest BCUT2D eigenvalue weighted by molar-refractivity contribution is -0.144. The Morgan fingerprint density at radius 1 is 1.17 bits per heavy atom. The number of carbonyl (C=O) groups excluding carboxylic acids is 1. The van der Waals surface area contributed by atoms with Gasteiger partial charge >= 0.3 is 5.97 Å². The van der Waals surface area contributed by atoms with Crippen LogP contribution < -0.4 is 0 Å². The van der Waals surface area contributed by atoms with Crippen LogP contribution in [0.25, 0.3) is 10.2 Å². The summed E-state index contributed by atoms with van der Waals surface area (Å²) in [5, 5.41) is 1.04. The van der Waals surface area contributed by atoms with E-state index in [1.54, 1.807) is 23.7 Å². The number of pyridine rings is 1. The van der Waals surface area contributed by atoms with Crippen molar-refractivity contribution in [2.45, 2.75) is 33.3 Å². The fraction of sp³-hybridized carbons (Fsp3) is 0.278. The van der Waals surface area contributed by atoms with Crippen molar-refractivity contribution >= 4 is 27.5 Å². The Morgan fingerprint density at radius 2 is 2.04 bits per heavy atom. The molecule has 0 N–H and O–H groups in total. The lowest BCUT2D eigenvalue weighted by Crippen LogP contribution is -2.06. The highest BCUT2D eigenvalue weighted by Gasteiger charge is 2.07. The van der Waals surface area contributed by atoms with Crippen LogP contribution in [0.5, 0.6) is 0 Å². The van der Waals surface area contributed by atoms with E-state index < -0.39 is 0 Å². The van der Waals surface area contributed by atoms with E-state index in [2.05, 4.69) is 9.97 Å². The van der Waals surface area contributed by atoms with Crippen LogP contribution in [0.2, 0.25) is 0 Å². The number of ether oxygens (including phenoxy) is 1. The number of esters is 1. The molecular weight excluding hydrogens is 308 g/mol. The zero-order valence-corrected chi connectivity index (χ0v) is 14.0. The molecule has 0 radical (unpaired) electrons. The van der Waals surface area contributed by atoms with Gasteiger partial charge in [0.15, 0.2) is 0 Å². The van der Waals surface area contributed by atoms with E-state index in [1.807, 2.05) is 38.1 Å². The summed E-state index contributed by atoms with van der Waals surface area (Å²) in [4.78, 5) is 20.4. The molecule has 0 amide bonds. The van der Waals surface area contributed by atoms with Crippen LogP contribution >= 0.6 is 11.3 Å². The van der Waals surface area contributed by atoms with Crippen LogP contribution in [0.15, 0.2) is 36.7 Å². The number of hydrogen-bond donors (Lipinski definition) is 0. The fourth-order valence-corrected chi connectivity index (χ4v) is 3.30. The van der Waals surface area contributed by atoms with Crippen molar-refractivity contribution in [1.82, 2.24) is 9.97 Å². The second-order valence-corrected chi connectivity index (χ2v) is 6.80. The number of aryl methyl sites for hydroxylation is 3. The number of fused-ring (bicyclic) bond motifs is 1. The molecule has 3 aromatic rings. The van der Waals surface area contributed by atoms with Crippen molar-refractivity contribution in [3.8, 4) is 0 Å². The predicted octanol–water partition coefficient (Wildman–Crippen LogP) is 3.98. The first-order chi connectivity index (χ1) is 11.1. The summed E-state index contributed by atoms with van der Waals surface area (Å²) in [5.74, 6) is -0.188. The summed E-state index contributed by atoms with van der Waals surface area (Å²) in [6.45, 7) is 4.29. The molecule has 0 saturated heterocycles. The molecule has 0 aliphatic rings. The summed E-state index contributed by atoms with van der Waals surface area (Å²) < 4.78 is 6.49. The minimum Gasteiger partial charge on any atom is -0.461 e. The summed E-state index contributed by atoms with van der Waals surface area (Å²) in [6, 6.07) is 8.01. The molecule has 0 spiro atoms. The van der Waals surface area contributed by atoms with Crippen molar-refractivity contribution in [1.29, 1.82) is 0 Å². The normalized spacial score (nSPS) is 10.9. The van der Waals surface area contributed by atoms with Crippen LogP contribution in [0.1, 0.15) is 28.1 Å². The molecule has 5 heteroatoms. The van der Waals surface area contributed by atoms with Crippen molar-refractivity contribution in [2.75, 3.05) is 0 Å². The number of hydrogen-bond acceptors (Lipinski definition) is 5. The number of thiazole rings is 1. The van der Waals surface area contributed by atoms with E-state index in [0.717, 1.165) is 31.9 Å². The molecule has 0 aliphatic carbocycles. The largest absolute Gasteiger partial charge is 0.461 e. The van der Waals surface area contributed by atoms with Gasteiger partial charge in [-0.25, -0.2) is 4.98 Å². The van der Waals surface area contributed by atoms with E-state index >= 15 is 0 Å². The molecule has 3 rings (SSSR count). The topological polar surface area (TPSA) is 52.1 Å². The maximum atomic E-state index is 11.9. The molecule has 0 aliphatic heterocycles. The Kier molecular flexibility index (Phi) is 4.67. The zero-order chi connectivity index (χ0) is 16.2. The molecule has 0 saturated carbocycles. The van der Waals surface area contributed by atoms with Gasteiger partial charge in [0.2, 0.25) is 0 Å². The number of carbonyl (C=O) groups is 1. The van der Waals surface area contributed by atoms with Crippen molar-refractivity contribution in [3.05, 3.63) is 58.4 Å². The van der Waals surface area contributed by atoms with Gasteiger partial charge in [-0.2, -0.15) is 0 Å². The lowest BCUT2D eigenvalue weighted by atomic mass is 10.1. The van der Waals surface area contributed by atoms with Crippen molar-refractivity contribution < 1.29 is 9.53 Å². The average molecular weight is 326 g/mol. The third-order valence-corrected chi connectivity index (χ3v) is 4.44. The minimum atomic E-state index is -0.188. The molecule has 0 atom stereocenters. The number of rotatable bonds is 5. The Morgan fingerprint density at radius 3 is 2.87 bits per heavy atom. The smallest absolute Gasteiger partial charge is 0.306 e. The predicted molar refractivity (Wildman–Crippen MR) is 91.4 cm³/mol. The first-order valence-corrected chi connectivity index (χ1v) is 8.34. The lowest BCUT2D eigenvalue weighted by Gasteiger charge is -2.05. The van der Waals surface area contributed by atoms with Crippen LogP contribution in [-0.2, 0) is 22.6 Å². The van der Waals surface area contributed by atoms with Gasteiger partial charge < -0.3 is 4.74 Å². The highest BCUT2D eigenvalue weighted by molar-refractivity contribution is 7.18. The number of nitrogens with zero attached hydrogens (tertiary/aromatic N) is 2. The standard InChI is InChI=1S/C18H18N2O2S/c1-12-7-14(10-19-9-12)4-6-18(21)22-11-15-3-5-16-17(8-15)23-13(2)20-16/h3,5,7-10H,4,6,11H2,1-2H3. The van der Waals surface area contributed by atoms with Gasteiger partial charge in [-0.3, -0.25) is 9.78 Å². The van der Waals surface area contributed by atoms with Gasteiger partial charge in [0.1, 0.15) is 6.61 Å². The highest BCUT2D eigenvalue weighted by Crippen LogP contribution is 2.23. The average Bonchev–Trinajstić information content (AvgIpc) is 2.90. The van der Waals surface area contributed by atoms with Gasteiger partial charge in [-0.1, -0.05) is 12.1 Å². The maximum Gasteiger partial charge on any atom is 0.306 e. The van der Waals surface area contributed by atoms with Crippen molar-refractivity contribution in [2.24, 2.45) is 0 Å². The van der Waals surface area contributed by atoms with E-state index in [9.17, 15) is 4.79 Å². The molecule has 1 aromatic carbocycles. The molecule has 0 fully saturated rings. The monoisotopic (exact) mass is 326 g/mol. The van der Waals surface area contributed by atoms with E-state index in [-0.39, 0.29) is 5.97 Å². The Hall–Kier alpha value is -2.27. The molecule has 23 heavy (non-hydrogen) atoms. The summed E-state index contributed by atoms with van der Waals surface area (Å²) in [6.07, 6.45) is 4.62. The van der Waals surface area contributed by atoms with Gasteiger partial charge in [-0.15, -0.1) is 11.3 Å². The third kappa shape index (κ3) is 4.13. The summed E-state index contributed by atoms with van der Waals surface area (Å²) in [7, 11) is 0. The van der Waals surface area contributed by atoms with Crippen LogP contribution in [0, 0.1) is 13.8 Å². The van der Waals surface area contributed by atoms with Gasteiger partial charge in [0.25, 0.3) is 0 Å². The molecule has 2 heterocycles. The molecular formula is C18H18N2O2S. The zero-order valence-electron chi connectivity index (χ0n) is 13.2. The highest BCUT2D eigenvalue weighted by atomic mass is 32.1. The van der Waals surface area contributed by atoms with E-state index in [1.165, 1.54) is 0 Å². The number of aromatic nitrogens is 2. The van der Waals surface area contributed by atoms with Gasteiger partial charge in [0.05, 0.1) is 15.2 Å². The Bertz CT molecular complexity index is 842. The first-order valence-electron chi connectivity index (χ1n) is 7.52. The van der Waals surface area contributed by atoms with Gasteiger partial charge in [-0.05, 0) is 49.1 Å². The first kappa shape index (κ1) is 15.6. The van der Waals surface area contributed by atoms with Gasteiger partial charge in [0, 0.05) is 18.8 Å². The molecule has 0 unspecified atom stereocenters. The second kappa shape index (κ2) is 6.87. The molecule has 2 aromatic heterocycles. The molecule has 4 nitrogen and oxygen atoms in total. The molecule has 118 valence electrons. The Labute approximate surface area is 139 Å². The quantitative estimate of drug-likeness (QED) is 0.665. The van der Waals surface area contributed by atoms with Crippen LogP contribution in [-0.4, -0.2) is 15.9 Å². The van der Waals surface area contributed by atoms with E-state index in [4.69, 9.17) is 4.74 Å².